The van der Waals surface area contributed by atoms with Gasteiger partial charge in [0.15, 0.2) is 5.69 Å². The van der Waals surface area contributed by atoms with Crippen LogP contribution in [0.25, 0.3) is 39.3 Å². The molecule has 0 saturated carbocycles. The lowest BCUT2D eigenvalue weighted by atomic mass is 9.99. The van der Waals surface area contributed by atoms with Crippen LogP contribution in [0.15, 0.2) is 79.0 Å². The van der Waals surface area contributed by atoms with Crippen molar-refractivity contribution in [1.82, 2.24) is 25.2 Å². The van der Waals surface area contributed by atoms with Crippen molar-refractivity contribution in [3.63, 3.8) is 0 Å². The molecule has 0 aliphatic rings. The van der Waals surface area contributed by atoms with Crippen LogP contribution in [-0.4, -0.2) is 31.6 Å². The molecular weight excluding hydrogens is 512 g/mol. The molecule has 38 heavy (non-hydrogen) atoms. The molecule has 0 spiro atoms. The van der Waals surface area contributed by atoms with Gasteiger partial charge in [-0.25, -0.2) is 4.68 Å². The summed E-state index contributed by atoms with van der Waals surface area (Å²) in [6.07, 6.45) is -8.08. The highest BCUT2D eigenvalue weighted by Crippen LogP contribution is 2.36. The number of ether oxygens (including phenoxy) is 1. The normalized spacial score (nSPS) is 12.1. The van der Waals surface area contributed by atoms with Crippen molar-refractivity contribution >= 4 is 0 Å². The van der Waals surface area contributed by atoms with E-state index in [0.29, 0.717) is 22.5 Å². The lowest BCUT2D eigenvalue weighted by molar-refractivity contribution is -0.274. The minimum atomic E-state index is -4.84. The van der Waals surface area contributed by atoms with E-state index < -0.39 is 24.0 Å². The van der Waals surface area contributed by atoms with Crippen LogP contribution in [-0.2, 0) is 6.18 Å². The molecule has 0 aliphatic heterocycles. The van der Waals surface area contributed by atoms with Gasteiger partial charge in [0.25, 0.3) is 0 Å². The molecule has 194 valence electrons. The number of H-pyrrole nitrogens is 1. The summed E-state index contributed by atoms with van der Waals surface area (Å²) >= 11 is 0. The SMILES string of the molecule is Cc1cccc(-c2ccc(-c3cc(C(F)(F)F)n[nH]3)c(-n3nncc3-c3ccc(OC(F)(F)F)cc3)c2)c1. The van der Waals surface area contributed by atoms with Crippen molar-refractivity contribution in [3.05, 3.63) is 90.3 Å². The van der Waals surface area contributed by atoms with E-state index in [-0.39, 0.29) is 5.69 Å². The second kappa shape index (κ2) is 9.36. The summed E-state index contributed by atoms with van der Waals surface area (Å²) in [6.45, 7) is 1.93. The van der Waals surface area contributed by atoms with E-state index in [1.54, 1.807) is 18.2 Å². The van der Waals surface area contributed by atoms with Gasteiger partial charge in [0.05, 0.1) is 23.3 Å². The molecule has 3 aromatic carbocycles. The van der Waals surface area contributed by atoms with Gasteiger partial charge in [-0.15, -0.1) is 18.3 Å². The predicted molar refractivity (Wildman–Crippen MR) is 126 cm³/mol. The average molecular weight is 529 g/mol. The Labute approximate surface area is 211 Å². The lowest BCUT2D eigenvalue weighted by Gasteiger charge is -2.14. The van der Waals surface area contributed by atoms with Crippen molar-refractivity contribution in [3.8, 4) is 45.1 Å². The van der Waals surface area contributed by atoms with Crippen LogP contribution in [0.1, 0.15) is 11.3 Å². The summed E-state index contributed by atoms with van der Waals surface area (Å²) in [5, 5.41) is 13.9. The van der Waals surface area contributed by atoms with Crippen LogP contribution in [0.3, 0.4) is 0 Å². The molecule has 0 amide bonds. The van der Waals surface area contributed by atoms with Crippen molar-refractivity contribution < 1.29 is 31.1 Å². The first-order chi connectivity index (χ1) is 18.0. The molecule has 1 N–H and O–H groups in total. The van der Waals surface area contributed by atoms with Gasteiger partial charge in [0, 0.05) is 11.1 Å². The molecule has 0 unspecified atom stereocenters. The van der Waals surface area contributed by atoms with Gasteiger partial charge in [0.1, 0.15) is 5.75 Å². The van der Waals surface area contributed by atoms with Gasteiger partial charge >= 0.3 is 12.5 Å². The van der Waals surface area contributed by atoms with Crippen molar-refractivity contribution in [2.75, 3.05) is 0 Å². The second-order valence-corrected chi connectivity index (χ2v) is 8.37. The van der Waals surface area contributed by atoms with Crippen LogP contribution in [0, 0.1) is 6.92 Å². The third kappa shape index (κ3) is 5.24. The van der Waals surface area contributed by atoms with E-state index in [9.17, 15) is 26.3 Å². The number of halogens is 6. The number of aryl methyl sites for hydroxylation is 1. The number of hydrogen-bond acceptors (Lipinski definition) is 4. The Balaban J connectivity index is 1.64. The van der Waals surface area contributed by atoms with Gasteiger partial charge < -0.3 is 4.74 Å². The van der Waals surface area contributed by atoms with Crippen LogP contribution < -0.4 is 4.74 Å². The first-order valence-corrected chi connectivity index (χ1v) is 11.1. The third-order valence-corrected chi connectivity index (χ3v) is 5.67. The molecule has 0 bridgehead atoms. The number of nitrogens with zero attached hydrogens (tertiary/aromatic N) is 4. The topological polar surface area (TPSA) is 68.6 Å². The Bertz CT molecular complexity index is 1580. The number of rotatable bonds is 5. The first kappa shape index (κ1) is 25.1. The quantitative estimate of drug-likeness (QED) is 0.244. The number of benzene rings is 3. The number of aromatic nitrogens is 5. The van der Waals surface area contributed by atoms with Crippen LogP contribution >= 0.6 is 0 Å². The molecule has 12 heteroatoms. The van der Waals surface area contributed by atoms with E-state index >= 15 is 0 Å². The van der Waals surface area contributed by atoms with Crippen LogP contribution in [0.4, 0.5) is 26.3 Å². The van der Waals surface area contributed by atoms with E-state index in [1.807, 2.05) is 31.2 Å². The Kier molecular flexibility index (Phi) is 6.17. The highest BCUT2D eigenvalue weighted by Gasteiger charge is 2.34. The smallest absolute Gasteiger partial charge is 0.406 e. The minimum absolute atomic E-state index is 0.0958. The van der Waals surface area contributed by atoms with E-state index in [0.717, 1.165) is 34.9 Å². The second-order valence-electron chi connectivity index (χ2n) is 8.37. The molecule has 0 fully saturated rings. The van der Waals surface area contributed by atoms with Gasteiger partial charge in [-0.05, 0) is 54.4 Å². The first-order valence-electron chi connectivity index (χ1n) is 11.1. The minimum Gasteiger partial charge on any atom is -0.406 e. The molecule has 0 saturated heterocycles. The third-order valence-electron chi connectivity index (χ3n) is 5.67. The number of aromatic amines is 1. The highest BCUT2D eigenvalue weighted by molar-refractivity contribution is 5.78. The number of alkyl halides is 6. The zero-order valence-corrected chi connectivity index (χ0v) is 19.5. The van der Waals surface area contributed by atoms with Crippen LogP contribution in [0.2, 0.25) is 0 Å². The summed E-state index contributed by atoms with van der Waals surface area (Å²) in [7, 11) is 0. The molecule has 0 radical (unpaired) electrons. The summed E-state index contributed by atoms with van der Waals surface area (Å²) < 4.78 is 82.7. The van der Waals surface area contributed by atoms with Crippen LogP contribution in [0.5, 0.6) is 5.75 Å². The Morgan fingerprint density at radius 3 is 2.18 bits per heavy atom. The summed E-state index contributed by atoms with van der Waals surface area (Å²) in [5.74, 6) is -0.403. The molecule has 0 atom stereocenters. The Morgan fingerprint density at radius 1 is 0.816 bits per heavy atom. The fourth-order valence-electron chi connectivity index (χ4n) is 3.98. The fourth-order valence-corrected chi connectivity index (χ4v) is 3.98. The summed E-state index contributed by atoms with van der Waals surface area (Å²) in [5.41, 5.74) is 3.24. The van der Waals surface area contributed by atoms with E-state index in [4.69, 9.17) is 0 Å². The number of hydrogen-bond donors (Lipinski definition) is 1. The largest absolute Gasteiger partial charge is 0.573 e. The molecule has 6 nitrogen and oxygen atoms in total. The monoisotopic (exact) mass is 529 g/mol. The predicted octanol–water partition coefficient (Wildman–Crippen LogP) is 7.22. The molecule has 0 aliphatic carbocycles. The molecular formula is C26H17F6N5O. The van der Waals surface area contributed by atoms with E-state index in [2.05, 4.69) is 25.2 Å². The maximum atomic E-state index is 13.2. The maximum Gasteiger partial charge on any atom is 0.573 e. The van der Waals surface area contributed by atoms with Crippen molar-refractivity contribution in [1.29, 1.82) is 0 Å². The average Bonchev–Trinajstić information content (AvgIpc) is 3.54. The summed E-state index contributed by atoms with van der Waals surface area (Å²) in [6, 6.07) is 18.8. The fraction of sp³-hybridized carbons (Fsp3) is 0.115. The van der Waals surface area contributed by atoms with Crippen molar-refractivity contribution in [2.45, 2.75) is 19.5 Å². The Hall–Kier alpha value is -4.61. The van der Waals surface area contributed by atoms with Crippen molar-refractivity contribution in [2.24, 2.45) is 0 Å². The Morgan fingerprint density at radius 2 is 1.53 bits per heavy atom. The van der Waals surface area contributed by atoms with Gasteiger partial charge in [-0.1, -0.05) is 47.2 Å². The molecule has 5 aromatic rings. The van der Waals surface area contributed by atoms with Gasteiger partial charge in [0.2, 0.25) is 0 Å². The zero-order chi connectivity index (χ0) is 27.1. The summed E-state index contributed by atoms with van der Waals surface area (Å²) in [4.78, 5) is 0. The van der Waals surface area contributed by atoms with Gasteiger partial charge in [-0.3, -0.25) is 5.10 Å². The molecule has 2 heterocycles. The molecule has 5 rings (SSSR count). The van der Waals surface area contributed by atoms with E-state index in [1.165, 1.54) is 23.0 Å². The maximum absolute atomic E-state index is 13.2. The highest BCUT2D eigenvalue weighted by atomic mass is 19.4. The number of nitrogens with one attached hydrogen (secondary N) is 1. The van der Waals surface area contributed by atoms with Gasteiger partial charge in [-0.2, -0.15) is 18.3 Å². The zero-order valence-electron chi connectivity index (χ0n) is 19.5. The lowest BCUT2D eigenvalue weighted by Crippen LogP contribution is -2.16. The standard InChI is InChI=1S/C26H17F6N5O/c1-15-3-2-4-17(11-15)18-7-10-20(21-13-24(35-34-21)25(27,28)29)22(12-18)37-23(14-33-36-37)16-5-8-19(9-6-16)38-26(30,31)32/h2-14H,1H3,(H,34,35). The molecule has 2 aromatic heterocycles.